The van der Waals surface area contributed by atoms with Crippen LogP contribution in [0.3, 0.4) is 0 Å². The van der Waals surface area contributed by atoms with E-state index in [4.69, 9.17) is 23.7 Å². The second-order valence-corrected chi connectivity index (χ2v) is 6.96. The number of ether oxygens (including phenoxy) is 5. The van der Waals surface area contributed by atoms with E-state index in [1.807, 2.05) is 12.1 Å². The van der Waals surface area contributed by atoms with Gasteiger partial charge in [0.2, 0.25) is 5.75 Å². The van der Waals surface area contributed by atoms with E-state index in [2.05, 4.69) is 0 Å². The Morgan fingerprint density at radius 1 is 1.07 bits per heavy atom. The van der Waals surface area contributed by atoms with Crippen LogP contribution in [0.4, 0.5) is 0 Å². The highest BCUT2D eigenvalue weighted by Gasteiger charge is 2.34. The second kappa shape index (κ2) is 8.03. The van der Waals surface area contributed by atoms with Crippen molar-refractivity contribution in [3.8, 4) is 28.4 Å². The summed E-state index contributed by atoms with van der Waals surface area (Å²) in [4.78, 5) is 24.1. The molecule has 1 aliphatic heterocycles. The number of esters is 2. The maximum Gasteiger partial charge on any atom is 0.349 e. The van der Waals surface area contributed by atoms with E-state index in [1.165, 1.54) is 14.2 Å². The molecule has 0 atom stereocenters. The van der Waals surface area contributed by atoms with Gasteiger partial charge >= 0.3 is 11.9 Å². The molecule has 0 aromatic heterocycles. The third kappa shape index (κ3) is 3.85. The lowest BCUT2D eigenvalue weighted by Crippen LogP contribution is -2.40. The van der Waals surface area contributed by atoms with E-state index in [0.29, 0.717) is 28.4 Å². The van der Waals surface area contributed by atoms with Gasteiger partial charge in [0.1, 0.15) is 6.61 Å². The summed E-state index contributed by atoms with van der Waals surface area (Å²) in [5.74, 6) is 0.332. The van der Waals surface area contributed by atoms with Gasteiger partial charge in [-0.1, -0.05) is 6.07 Å². The van der Waals surface area contributed by atoms with E-state index >= 15 is 0 Å². The minimum Gasteiger partial charge on any atom is -0.493 e. The van der Waals surface area contributed by atoms with Crippen LogP contribution >= 0.6 is 0 Å². The van der Waals surface area contributed by atoms with Crippen molar-refractivity contribution in [2.24, 2.45) is 0 Å². The molecule has 7 nitrogen and oxygen atoms in total. The lowest BCUT2D eigenvalue weighted by molar-refractivity contribution is -0.158. The number of rotatable bonds is 7. The van der Waals surface area contributed by atoms with Gasteiger partial charge in [-0.3, -0.25) is 0 Å². The van der Waals surface area contributed by atoms with E-state index in [9.17, 15) is 9.59 Å². The number of fused-ring (bicyclic) bond motifs is 1. The van der Waals surface area contributed by atoms with E-state index in [1.54, 1.807) is 39.0 Å². The molecule has 154 valence electrons. The monoisotopic (exact) mass is 400 g/mol. The number of carbonyl (C=O) groups is 2. The Morgan fingerprint density at radius 3 is 2.45 bits per heavy atom. The van der Waals surface area contributed by atoms with Gasteiger partial charge in [0.05, 0.1) is 26.4 Å². The zero-order valence-electron chi connectivity index (χ0n) is 17.2. The summed E-state index contributed by atoms with van der Waals surface area (Å²) >= 11 is 0. The zero-order valence-corrected chi connectivity index (χ0v) is 17.2. The molecular formula is C22H24O7. The summed E-state index contributed by atoms with van der Waals surface area (Å²) in [5.41, 5.74) is 1.54. The highest BCUT2D eigenvalue weighted by atomic mass is 16.6. The number of benzene rings is 2. The number of carbonyl (C=O) groups excluding carboxylic acids is 2. The van der Waals surface area contributed by atoms with Gasteiger partial charge in [-0.15, -0.1) is 0 Å². The molecule has 1 heterocycles. The van der Waals surface area contributed by atoms with E-state index < -0.39 is 11.6 Å². The first-order chi connectivity index (χ1) is 13.8. The van der Waals surface area contributed by atoms with Crippen LogP contribution in [-0.2, 0) is 20.9 Å². The van der Waals surface area contributed by atoms with Crippen molar-refractivity contribution in [1.29, 1.82) is 0 Å². The molecule has 1 aliphatic rings. The van der Waals surface area contributed by atoms with Crippen molar-refractivity contribution < 1.29 is 33.3 Å². The third-order valence-electron chi connectivity index (χ3n) is 4.62. The number of methoxy groups -OCH3 is 2. The molecule has 0 unspecified atom stereocenters. The first-order valence-corrected chi connectivity index (χ1v) is 9.24. The summed E-state index contributed by atoms with van der Waals surface area (Å²) in [6, 6.07) is 8.96. The molecule has 2 aromatic rings. The van der Waals surface area contributed by atoms with Crippen LogP contribution in [0.25, 0.3) is 11.1 Å². The molecule has 0 spiro atoms. The first-order valence-electron chi connectivity index (χ1n) is 9.24. The normalized spacial score (nSPS) is 12.8. The minimum absolute atomic E-state index is 0.222. The zero-order chi connectivity index (χ0) is 21.2. The van der Waals surface area contributed by atoms with Crippen molar-refractivity contribution in [2.75, 3.05) is 20.8 Å². The molecule has 2 aromatic carbocycles. The SMILES string of the molecule is CCOC(=O)C(C)(C)Oc1c(-c2ccc3c(c2)COC3=O)ccc(OC)c1OC. The van der Waals surface area contributed by atoms with Crippen LogP contribution in [0, 0.1) is 0 Å². The Bertz CT molecular complexity index is 946. The van der Waals surface area contributed by atoms with Gasteiger partial charge in [-0.25, -0.2) is 9.59 Å². The minimum atomic E-state index is -1.26. The number of cyclic esters (lactones) is 1. The summed E-state index contributed by atoms with van der Waals surface area (Å²) in [5, 5.41) is 0. The molecule has 0 saturated heterocycles. The van der Waals surface area contributed by atoms with Crippen molar-refractivity contribution in [3.05, 3.63) is 41.5 Å². The van der Waals surface area contributed by atoms with Crippen molar-refractivity contribution in [2.45, 2.75) is 33.0 Å². The topological polar surface area (TPSA) is 80.3 Å². The van der Waals surface area contributed by atoms with Crippen LogP contribution in [0.2, 0.25) is 0 Å². The van der Waals surface area contributed by atoms with Crippen molar-refractivity contribution in [1.82, 2.24) is 0 Å². The Kier molecular flexibility index (Phi) is 5.68. The lowest BCUT2D eigenvalue weighted by atomic mass is 9.98. The standard InChI is InChI=1S/C22H24O7/c1-6-27-21(24)22(2,3)29-18-15(9-10-17(25-4)19(18)26-5)13-7-8-16-14(11-13)12-28-20(16)23/h7-11H,6,12H2,1-5H3. The lowest BCUT2D eigenvalue weighted by Gasteiger charge is -2.27. The maximum atomic E-state index is 12.4. The molecule has 7 heteroatoms. The van der Waals surface area contributed by atoms with Crippen LogP contribution < -0.4 is 14.2 Å². The fourth-order valence-electron chi connectivity index (χ4n) is 3.13. The van der Waals surface area contributed by atoms with Crippen LogP contribution in [-0.4, -0.2) is 38.4 Å². The average Bonchev–Trinajstić information content (AvgIpc) is 3.07. The smallest absolute Gasteiger partial charge is 0.349 e. The first kappa shape index (κ1) is 20.5. The van der Waals surface area contributed by atoms with E-state index in [0.717, 1.165) is 11.1 Å². The molecule has 0 amide bonds. The van der Waals surface area contributed by atoms with Crippen molar-refractivity contribution >= 4 is 11.9 Å². The molecule has 0 saturated carbocycles. The van der Waals surface area contributed by atoms with Gasteiger partial charge in [-0.2, -0.15) is 0 Å². The molecule has 0 radical (unpaired) electrons. The summed E-state index contributed by atoms with van der Waals surface area (Å²) in [6.07, 6.45) is 0. The van der Waals surface area contributed by atoms with Gasteiger partial charge in [-0.05, 0) is 50.6 Å². The Labute approximate surface area is 169 Å². The second-order valence-electron chi connectivity index (χ2n) is 6.96. The predicted molar refractivity (Wildman–Crippen MR) is 105 cm³/mol. The van der Waals surface area contributed by atoms with Crippen LogP contribution in [0.15, 0.2) is 30.3 Å². The highest BCUT2D eigenvalue weighted by Crippen LogP contribution is 2.46. The Morgan fingerprint density at radius 2 is 1.79 bits per heavy atom. The van der Waals surface area contributed by atoms with Gasteiger partial charge in [0, 0.05) is 11.1 Å². The molecule has 0 fully saturated rings. The fourth-order valence-corrected chi connectivity index (χ4v) is 3.13. The quantitative estimate of drug-likeness (QED) is 0.655. The number of hydrogen-bond donors (Lipinski definition) is 0. The molecule has 0 aliphatic carbocycles. The third-order valence-corrected chi connectivity index (χ3v) is 4.62. The summed E-state index contributed by atoms with van der Waals surface area (Å²) in [6.45, 7) is 5.46. The van der Waals surface area contributed by atoms with Gasteiger partial charge in [0.25, 0.3) is 0 Å². The fraction of sp³-hybridized carbons (Fsp3) is 0.364. The van der Waals surface area contributed by atoms with Crippen LogP contribution in [0.5, 0.6) is 17.2 Å². The van der Waals surface area contributed by atoms with Crippen LogP contribution in [0.1, 0.15) is 36.7 Å². The average molecular weight is 400 g/mol. The largest absolute Gasteiger partial charge is 0.493 e. The molecule has 29 heavy (non-hydrogen) atoms. The predicted octanol–water partition coefficient (Wildman–Crippen LogP) is 3.76. The molecule has 0 bridgehead atoms. The number of hydrogen-bond acceptors (Lipinski definition) is 7. The Balaban J connectivity index is 2.13. The summed E-state index contributed by atoms with van der Waals surface area (Å²) in [7, 11) is 3.03. The van der Waals surface area contributed by atoms with Gasteiger partial charge < -0.3 is 23.7 Å². The molecule has 3 rings (SSSR count). The molecular weight excluding hydrogens is 376 g/mol. The van der Waals surface area contributed by atoms with E-state index in [-0.39, 0.29) is 19.2 Å². The Hall–Kier alpha value is -3.22. The van der Waals surface area contributed by atoms with Gasteiger partial charge in [0.15, 0.2) is 17.1 Å². The maximum absolute atomic E-state index is 12.4. The van der Waals surface area contributed by atoms with Crippen molar-refractivity contribution in [3.63, 3.8) is 0 Å². The highest BCUT2D eigenvalue weighted by molar-refractivity contribution is 5.94. The molecule has 0 N–H and O–H groups in total. The summed E-state index contributed by atoms with van der Waals surface area (Å²) < 4.78 is 27.3.